The van der Waals surface area contributed by atoms with Crippen molar-refractivity contribution in [2.45, 2.75) is 31.6 Å². The maximum Gasteiger partial charge on any atom is 0.407 e. The number of nitrogens with zero attached hydrogens (tertiary/aromatic N) is 1. The minimum Gasteiger partial charge on any atom is -0.449 e. The van der Waals surface area contributed by atoms with E-state index < -0.39 is 29.8 Å². The molecule has 1 saturated carbocycles. The molecular weight excluding hydrogens is 496 g/mol. The van der Waals surface area contributed by atoms with E-state index in [1.165, 1.54) is 23.3 Å². The van der Waals surface area contributed by atoms with E-state index in [0.717, 1.165) is 11.1 Å². The van der Waals surface area contributed by atoms with Gasteiger partial charge in [-0.2, -0.15) is 0 Å². The van der Waals surface area contributed by atoms with Gasteiger partial charge in [-0.15, -0.1) is 0 Å². The second-order valence-electron chi connectivity index (χ2n) is 10.3. The molecule has 0 saturated heterocycles. The molecule has 2 aliphatic carbocycles. The van der Waals surface area contributed by atoms with Gasteiger partial charge in [-0.25, -0.2) is 9.59 Å². The van der Waals surface area contributed by atoms with Crippen LogP contribution < -0.4 is 5.32 Å². The molecule has 1 N–H and O–H groups in total. The van der Waals surface area contributed by atoms with E-state index in [-0.39, 0.29) is 29.6 Å². The van der Waals surface area contributed by atoms with E-state index in [0.29, 0.717) is 37.3 Å². The van der Waals surface area contributed by atoms with Gasteiger partial charge in [-0.3, -0.25) is 9.59 Å². The Labute approximate surface area is 225 Å². The summed E-state index contributed by atoms with van der Waals surface area (Å²) >= 11 is 0. The van der Waals surface area contributed by atoms with Gasteiger partial charge in [0.05, 0.1) is 17.0 Å². The van der Waals surface area contributed by atoms with Crippen LogP contribution in [-0.2, 0) is 14.4 Å². The Bertz CT molecular complexity index is 1380. The zero-order valence-electron chi connectivity index (χ0n) is 21.3. The van der Waals surface area contributed by atoms with Gasteiger partial charge in [0.1, 0.15) is 6.61 Å². The first kappa shape index (κ1) is 24.9. The lowest BCUT2D eigenvalue weighted by molar-refractivity contribution is -0.175. The molecule has 0 atom stereocenters. The molecule has 1 heterocycles. The van der Waals surface area contributed by atoms with Crippen LogP contribution in [-0.4, -0.2) is 42.1 Å². The van der Waals surface area contributed by atoms with Crippen LogP contribution in [0, 0.1) is 11.8 Å². The van der Waals surface area contributed by atoms with E-state index in [1.807, 2.05) is 24.3 Å². The molecule has 3 aromatic rings. The van der Waals surface area contributed by atoms with Crippen molar-refractivity contribution in [1.82, 2.24) is 10.4 Å². The van der Waals surface area contributed by atoms with Crippen molar-refractivity contribution < 1.29 is 28.8 Å². The molecule has 8 nitrogen and oxygen atoms in total. The fourth-order valence-electron chi connectivity index (χ4n) is 5.89. The highest BCUT2D eigenvalue weighted by Gasteiger charge is 2.40. The highest BCUT2D eigenvalue weighted by atomic mass is 16.7. The number of alkyl carbamates (subject to hydrolysis) is 1. The number of benzene rings is 3. The molecule has 0 bridgehead atoms. The molecule has 3 amide bonds. The summed E-state index contributed by atoms with van der Waals surface area (Å²) < 4.78 is 5.62. The molecule has 198 valence electrons. The summed E-state index contributed by atoms with van der Waals surface area (Å²) in [5, 5.41) is 3.44. The first-order valence-electron chi connectivity index (χ1n) is 13.3. The van der Waals surface area contributed by atoms with Crippen LogP contribution in [0.5, 0.6) is 0 Å². The molecule has 1 fully saturated rings. The Morgan fingerprint density at radius 1 is 0.744 bits per heavy atom. The van der Waals surface area contributed by atoms with E-state index in [2.05, 4.69) is 29.6 Å². The van der Waals surface area contributed by atoms with Gasteiger partial charge in [0.25, 0.3) is 11.8 Å². The first-order chi connectivity index (χ1) is 19.0. The Balaban J connectivity index is 0.956. The molecule has 8 heteroatoms. The van der Waals surface area contributed by atoms with Crippen LogP contribution in [0.1, 0.15) is 63.4 Å². The molecule has 1 aliphatic heterocycles. The van der Waals surface area contributed by atoms with Gasteiger partial charge in [-0.05, 0) is 66.0 Å². The Morgan fingerprint density at radius 2 is 1.26 bits per heavy atom. The maximum atomic E-state index is 12.7. The number of hydrogen-bond donors (Lipinski definition) is 1. The van der Waals surface area contributed by atoms with Crippen molar-refractivity contribution in [3.05, 3.63) is 95.1 Å². The zero-order valence-corrected chi connectivity index (χ0v) is 21.3. The third-order valence-corrected chi connectivity index (χ3v) is 8.00. The summed E-state index contributed by atoms with van der Waals surface area (Å²) in [4.78, 5) is 55.4. The lowest BCUT2D eigenvalue weighted by atomic mass is 9.82. The van der Waals surface area contributed by atoms with Crippen molar-refractivity contribution in [3.8, 4) is 11.1 Å². The summed E-state index contributed by atoms with van der Waals surface area (Å²) in [5.74, 6) is -2.01. The lowest BCUT2D eigenvalue weighted by Gasteiger charge is -2.27. The largest absolute Gasteiger partial charge is 0.449 e. The molecule has 3 aliphatic rings. The van der Waals surface area contributed by atoms with Crippen molar-refractivity contribution in [1.29, 1.82) is 0 Å². The average molecular weight is 525 g/mol. The minimum atomic E-state index is -0.620. The predicted octanol–water partition coefficient (Wildman–Crippen LogP) is 5.09. The SMILES string of the molecule is O=C(NCC1CCC(C(=O)ON2C(=O)c3ccccc3C2=O)CC1)OCC1c2ccccc2-c2ccccc21. The summed E-state index contributed by atoms with van der Waals surface area (Å²) in [6, 6.07) is 22.8. The summed E-state index contributed by atoms with van der Waals surface area (Å²) in [5.41, 5.74) is 5.16. The molecule has 3 aromatic carbocycles. The third-order valence-electron chi connectivity index (χ3n) is 8.00. The van der Waals surface area contributed by atoms with Crippen molar-refractivity contribution in [3.63, 3.8) is 0 Å². The number of imide groups is 1. The van der Waals surface area contributed by atoms with Gasteiger partial charge in [-0.1, -0.05) is 65.7 Å². The number of rotatable bonds is 6. The first-order valence-corrected chi connectivity index (χ1v) is 13.3. The Morgan fingerprint density at radius 3 is 1.82 bits per heavy atom. The summed E-state index contributed by atoms with van der Waals surface area (Å²) in [7, 11) is 0. The van der Waals surface area contributed by atoms with Crippen LogP contribution in [0.3, 0.4) is 0 Å². The molecule has 0 radical (unpaired) electrons. The van der Waals surface area contributed by atoms with Crippen LogP contribution >= 0.6 is 0 Å². The predicted molar refractivity (Wildman–Crippen MR) is 142 cm³/mol. The van der Waals surface area contributed by atoms with Crippen LogP contribution in [0.4, 0.5) is 4.79 Å². The number of hydrogen-bond acceptors (Lipinski definition) is 6. The van der Waals surface area contributed by atoms with E-state index >= 15 is 0 Å². The van der Waals surface area contributed by atoms with Gasteiger partial charge < -0.3 is 14.9 Å². The smallest absolute Gasteiger partial charge is 0.407 e. The maximum absolute atomic E-state index is 12.7. The van der Waals surface area contributed by atoms with E-state index in [1.54, 1.807) is 12.1 Å². The standard InChI is InChI=1S/C31H28N2O6/c34-28-25-11-5-6-12-26(25)29(35)33(28)39-30(36)20-15-13-19(14-16-20)17-32-31(37)38-18-27-23-9-3-1-7-21(23)22-8-2-4-10-24(22)27/h1-12,19-20,27H,13-18H2,(H,32,37). The number of carbonyl (C=O) groups excluding carboxylic acids is 4. The highest BCUT2D eigenvalue weighted by Crippen LogP contribution is 2.44. The lowest BCUT2D eigenvalue weighted by Crippen LogP contribution is -2.37. The van der Waals surface area contributed by atoms with Crippen molar-refractivity contribution in [2.24, 2.45) is 11.8 Å². The van der Waals surface area contributed by atoms with Crippen molar-refractivity contribution in [2.75, 3.05) is 13.2 Å². The number of ether oxygens (including phenoxy) is 1. The number of carbonyl (C=O) groups is 4. The van der Waals surface area contributed by atoms with Crippen LogP contribution in [0.2, 0.25) is 0 Å². The summed E-state index contributed by atoms with van der Waals surface area (Å²) in [6.07, 6.45) is 2.08. The van der Waals surface area contributed by atoms with Gasteiger partial charge in [0.2, 0.25) is 0 Å². The normalized spacial score (nSPS) is 19.7. The van der Waals surface area contributed by atoms with Crippen LogP contribution in [0.25, 0.3) is 11.1 Å². The van der Waals surface area contributed by atoms with E-state index in [4.69, 9.17) is 9.57 Å². The Hall–Kier alpha value is -4.46. The molecule has 0 unspecified atom stereocenters. The average Bonchev–Trinajstić information content (AvgIpc) is 3.42. The van der Waals surface area contributed by atoms with Gasteiger partial charge in [0.15, 0.2) is 0 Å². The zero-order chi connectivity index (χ0) is 26.9. The third kappa shape index (κ3) is 4.67. The highest BCUT2D eigenvalue weighted by molar-refractivity contribution is 6.20. The quantitative estimate of drug-likeness (QED) is 0.451. The number of fused-ring (bicyclic) bond motifs is 4. The fraction of sp³-hybridized carbons (Fsp3) is 0.290. The van der Waals surface area contributed by atoms with Gasteiger partial charge >= 0.3 is 12.1 Å². The number of hydroxylamine groups is 2. The van der Waals surface area contributed by atoms with Gasteiger partial charge in [0, 0.05) is 12.5 Å². The minimum absolute atomic E-state index is 0.00626. The fourth-order valence-corrected chi connectivity index (χ4v) is 5.89. The second-order valence-corrected chi connectivity index (χ2v) is 10.3. The number of amides is 3. The topological polar surface area (TPSA) is 102 Å². The molecular formula is C31H28N2O6. The summed E-state index contributed by atoms with van der Waals surface area (Å²) in [6.45, 7) is 0.715. The second kappa shape index (κ2) is 10.4. The molecule has 0 aromatic heterocycles. The molecule has 6 rings (SSSR count). The molecule has 0 spiro atoms. The van der Waals surface area contributed by atoms with Crippen molar-refractivity contribution >= 4 is 23.9 Å². The van der Waals surface area contributed by atoms with E-state index in [9.17, 15) is 19.2 Å². The number of nitrogens with one attached hydrogen (secondary N) is 1. The Kier molecular flexibility index (Phi) is 6.60. The monoisotopic (exact) mass is 524 g/mol. The van der Waals surface area contributed by atoms with Crippen LogP contribution in [0.15, 0.2) is 72.8 Å². The molecule has 39 heavy (non-hydrogen) atoms.